The fourth-order valence-electron chi connectivity index (χ4n) is 2.55. The molecule has 0 aliphatic carbocycles. The number of aliphatic imine (C=N–C) groups is 1. The third kappa shape index (κ3) is 2.92. The van der Waals surface area contributed by atoms with Crippen LogP contribution in [0.15, 0.2) is 51.8 Å². The van der Waals surface area contributed by atoms with Crippen molar-refractivity contribution in [3.8, 4) is 0 Å². The number of oxime groups is 1. The number of hydrogen-bond donors (Lipinski definition) is 1. The first-order valence-electron chi connectivity index (χ1n) is 7.19. The van der Waals surface area contributed by atoms with Crippen molar-refractivity contribution in [3.05, 3.63) is 47.2 Å². The molecule has 1 N–H and O–H groups in total. The number of nitrogens with zero attached hydrogens (tertiary/aromatic N) is 3. The molecule has 1 saturated heterocycles. The molecule has 0 unspecified atom stereocenters. The average molecular weight is 345 g/mol. The number of thioether (sulfide) groups is 1. The minimum atomic E-state index is -1.16. The highest BCUT2D eigenvalue weighted by molar-refractivity contribution is 8.00. The zero-order chi connectivity index (χ0) is 17.1. The molecule has 1 aromatic rings. The molecule has 1 amide bonds. The van der Waals surface area contributed by atoms with Gasteiger partial charge < -0.3 is 9.94 Å². The van der Waals surface area contributed by atoms with Crippen LogP contribution in [0.1, 0.15) is 5.56 Å². The summed E-state index contributed by atoms with van der Waals surface area (Å²) >= 11 is 1.46. The van der Waals surface area contributed by atoms with E-state index in [0.29, 0.717) is 11.3 Å². The Balaban J connectivity index is 1.82. The lowest BCUT2D eigenvalue weighted by molar-refractivity contribution is -0.147. The first kappa shape index (κ1) is 16.3. The first-order valence-corrected chi connectivity index (χ1v) is 8.24. The van der Waals surface area contributed by atoms with Gasteiger partial charge in [-0.05, 0) is 5.56 Å². The van der Waals surface area contributed by atoms with Crippen LogP contribution in [0.2, 0.25) is 0 Å². The summed E-state index contributed by atoms with van der Waals surface area (Å²) in [6, 6.07) is 8.89. The number of benzene rings is 1. The van der Waals surface area contributed by atoms with Gasteiger partial charge in [-0.3, -0.25) is 14.7 Å². The zero-order valence-corrected chi connectivity index (χ0v) is 13.6. The Labute approximate surface area is 142 Å². The quantitative estimate of drug-likeness (QED) is 0.494. The second kappa shape index (κ2) is 6.88. The molecule has 0 aromatic heterocycles. The van der Waals surface area contributed by atoms with Crippen molar-refractivity contribution in [1.82, 2.24) is 4.90 Å². The highest BCUT2D eigenvalue weighted by Gasteiger charge is 2.53. The van der Waals surface area contributed by atoms with Gasteiger partial charge in [-0.25, -0.2) is 4.79 Å². The summed E-state index contributed by atoms with van der Waals surface area (Å²) in [6.45, 7) is 0. The van der Waals surface area contributed by atoms with Gasteiger partial charge in [0, 0.05) is 17.5 Å². The largest absolute Gasteiger partial charge is 0.477 e. The smallest absolute Gasteiger partial charge is 0.353 e. The molecule has 2 aliphatic heterocycles. The zero-order valence-electron chi connectivity index (χ0n) is 12.8. The van der Waals surface area contributed by atoms with Crippen LogP contribution in [0.5, 0.6) is 0 Å². The molecule has 124 valence electrons. The molecular formula is C16H15N3O4S. The van der Waals surface area contributed by atoms with E-state index in [1.165, 1.54) is 30.0 Å². The Bertz CT molecular complexity index is 745. The molecule has 2 heterocycles. The van der Waals surface area contributed by atoms with E-state index in [1.54, 1.807) is 6.21 Å². The highest BCUT2D eigenvalue weighted by Crippen LogP contribution is 2.41. The number of carboxylic acid groups (broad SMARTS) is 1. The minimum absolute atomic E-state index is 0.0456. The number of carbonyl (C=O) groups is 2. The van der Waals surface area contributed by atoms with Crippen molar-refractivity contribution in [2.45, 2.75) is 11.4 Å². The highest BCUT2D eigenvalue weighted by atomic mass is 32.2. The van der Waals surface area contributed by atoms with Crippen LogP contribution in [0.25, 0.3) is 0 Å². The van der Waals surface area contributed by atoms with E-state index in [4.69, 9.17) is 0 Å². The molecule has 0 spiro atoms. The van der Waals surface area contributed by atoms with Gasteiger partial charge in [0.25, 0.3) is 5.91 Å². The van der Waals surface area contributed by atoms with Crippen LogP contribution in [-0.4, -0.2) is 58.6 Å². The van der Waals surface area contributed by atoms with Crippen LogP contribution in [0.3, 0.4) is 0 Å². The predicted molar refractivity (Wildman–Crippen MR) is 91.1 cm³/mol. The third-order valence-corrected chi connectivity index (χ3v) is 4.96. The molecule has 2 aliphatic rings. The Morgan fingerprint density at radius 2 is 2.12 bits per heavy atom. The Morgan fingerprint density at radius 1 is 1.38 bits per heavy atom. The van der Waals surface area contributed by atoms with Crippen molar-refractivity contribution in [2.75, 3.05) is 12.9 Å². The summed E-state index contributed by atoms with van der Waals surface area (Å²) in [5, 5.41) is 12.7. The number of hydrogen-bond acceptors (Lipinski definition) is 6. The molecule has 1 aromatic carbocycles. The van der Waals surface area contributed by atoms with Crippen molar-refractivity contribution in [1.29, 1.82) is 0 Å². The fraction of sp³-hybridized carbons (Fsp3) is 0.250. The first-order chi connectivity index (χ1) is 11.6. The topological polar surface area (TPSA) is 91.6 Å². The summed E-state index contributed by atoms with van der Waals surface area (Å²) in [5.41, 5.74) is 1.30. The summed E-state index contributed by atoms with van der Waals surface area (Å²) in [4.78, 5) is 34.1. The molecule has 7 nitrogen and oxygen atoms in total. The summed E-state index contributed by atoms with van der Waals surface area (Å²) in [6.07, 6.45) is 2.98. The van der Waals surface area contributed by atoms with Gasteiger partial charge in [0.05, 0.1) is 6.21 Å². The van der Waals surface area contributed by atoms with Crippen molar-refractivity contribution >= 4 is 36.1 Å². The lowest BCUT2D eigenvalue weighted by Gasteiger charge is -2.47. The molecule has 0 saturated carbocycles. The van der Waals surface area contributed by atoms with Crippen LogP contribution in [0, 0.1) is 0 Å². The molecule has 1 fully saturated rings. The lowest BCUT2D eigenvalue weighted by Crippen LogP contribution is -2.64. The molecule has 0 bridgehead atoms. The Kier molecular flexibility index (Phi) is 4.66. The number of rotatable bonds is 5. The third-order valence-electron chi connectivity index (χ3n) is 3.67. The van der Waals surface area contributed by atoms with Crippen LogP contribution in [0.4, 0.5) is 0 Å². The molecule has 24 heavy (non-hydrogen) atoms. The SMILES string of the molecule is CON=CC1=C(C(=O)O)N2C(=O)[C@@H](N=Cc3ccccc3)[C@@H]2SC1. The Morgan fingerprint density at radius 3 is 2.79 bits per heavy atom. The summed E-state index contributed by atoms with van der Waals surface area (Å²) in [5.74, 6) is -1.04. The van der Waals surface area contributed by atoms with Crippen molar-refractivity contribution in [2.24, 2.45) is 10.1 Å². The maximum absolute atomic E-state index is 12.4. The van der Waals surface area contributed by atoms with E-state index in [-0.39, 0.29) is 17.0 Å². The molecule has 3 rings (SSSR count). The average Bonchev–Trinajstić information content (AvgIpc) is 2.60. The second-order valence-corrected chi connectivity index (χ2v) is 6.24. The van der Waals surface area contributed by atoms with E-state index >= 15 is 0 Å². The second-order valence-electron chi connectivity index (χ2n) is 5.14. The number of carboxylic acids is 1. The van der Waals surface area contributed by atoms with E-state index in [1.807, 2.05) is 30.3 Å². The normalized spacial score (nSPS) is 23.5. The van der Waals surface area contributed by atoms with Crippen LogP contribution >= 0.6 is 11.8 Å². The summed E-state index contributed by atoms with van der Waals surface area (Å²) in [7, 11) is 1.37. The monoisotopic (exact) mass is 345 g/mol. The van der Waals surface area contributed by atoms with E-state index in [0.717, 1.165) is 5.56 Å². The standard InChI is InChI=1S/C16H15N3O4S/c1-23-18-8-11-9-24-15-12(14(20)19(15)13(11)16(21)22)17-7-10-5-3-2-4-6-10/h2-8,12,15H,9H2,1H3,(H,21,22)/t12-,15+/m1/s1. The molecule has 0 radical (unpaired) electrons. The van der Waals surface area contributed by atoms with E-state index in [9.17, 15) is 14.7 Å². The van der Waals surface area contributed by atoms with Crippen LogP contribution < -0.4 is 0 Å². The number of β-lactam (4-membered cyclic amide) rings is 1. The maximum Gasteiger partial charge on any atom is 0.353 e. The predicted octanol–water partition coefficient (Wildman–Crippen LogP) is 1.36. The van der Waals surface area contributed by atoms with Crippen molar-refractivity contribution in [3.63, 3.8) is 0 Å². The van der Waals surface area contributed by atoms with Gasteiger partial charge in [0.2, 0.25) is 0 Å². The van der Waals surface area contributed by atoms with E-state index in [2.05, 4.69) is 15.0 Å². The molecule has 2 atom stereocenters. The summed E-state index contributed by atoms with van der Waals surface area (Å²) < 4.78 is 0. The van der Waals surface area contributed by atoms with Gasteiger partial charge in [0.1, 0.15) is 18.2 Å². The maximum atomic E-state index is 12.4. The lowest BCUT2D eigenvalue weighted by atomic mass is 10.0. The number of carbonyl (C=O) groups excluding carboxylic acids is 1. The fourth-order valence-corrected chi connectivity index (χ4v) is 3.84. The van der Waals surface area contributed by atoms with Crippen LogP contribution in [-0.2, 0) is 14.4 Å². The number of fused-ring (bicyclic) bond motifs is 1. The molecular weight excluding hydrogens is 330 g/mol. The van der Waals surface area contributed by atoms with Crippen molar-refractivity contribution < 1.29 is 19.5 Å². The van der Waals surface area contributed by atoms with Gasteiger partial charge >= 0.3 is 5.97 Å². The molecule has 8 heteroatoms. The number of amides is 1. The van der Waals surface area contributed by atoms with Gasteiger partial charge in [-0.2, -0.15) is 0 Å². The van der Waals surface area contributed by atoms with E-state index < -0.39 is 12.0 Å². The van der Waals surface area contributed by atoms with Gasteiger partial charge in [0.15, 0.2) is 6.04 Å². The number of aliphatic carboxylic acids is 1. The minimum Gasteiger partial charge on any atom is -0.477 e. The Hall–Kier alpha value is -2.61. The van der Waals surface area contributed by atoms with Gasteiger partial charge in [-0.15, -0.1) is 11.8 Å². The van der Waals surface area contributed by atoms with Gasteiger partial charge in [-0.1, -0.05) is 35.5 Å².